The van der Waals surface area contributed by atoms with Crippen LogP contribution in [0.4, 0.5) is 18.9 Å². The lowest BCUT2D eigenvalue weighted by atomic mass is 9.91. The monoisotopic (exact) mass is 456 g/mol. The summed E-state index contributed by atoms with van der Waals surface area (Å²) >= 11 is 0. The average molecular weight is 456 g/mol. The second-order valence-corrected chi connectivity index (χ2v) is 8.88. The van der Waals surface area contributed by atoms with E-state index in [0.717, 1.165) is 16.7 Å². The van der Waals surface area contributed by atoms with Gasteiger partial charge in [-0.1, -0.05) is 84.9 Å². The minimum atomic E-state index is -5.76. The maximum absolute atomic E-state index is 13.3. The zero-order valence-electron chi connectivity index (χ0n) is 17.0. The van der Waals surface area contributed by atoms with E-state index in [0.29, 0.717) is 11.3 Å². The van der Waals surface area contributed by atoms with Gasteiger partial charge in [0.25, 0.3) is 0 Å². The van der Waals surface area contributed by atoms with Crippen molar-refractivity contribution in [2.45, 2.75) is 11.4 Å². The Morgan fingerprint density at radius 1 is 0.844 bits per heavy atom. The Bertz CT molecular complexity index is 1290. The summed E-state index contributed by atoms with van der Waals surface area (Å²) in [6, 6.07) is 25.3. The van der Waals surface area contributed by atoms with Crippen LogP contribution in [0.15, 0.2) is 95.4 Å². The van der Waals surface area contributed by atoms with Crippen molar-refractivity contribution in [3.63, 3.8) is 0 Å². The zero-order valence-corrected chi connectivity index (χ0v) is 17.8. The molecule has 4 nitrogen and oxygen atoms in total. The highest BCUT2D eigenvalue weighted by Gasteiger charge is 2.47. The van der Waals surface area contributed by atoms with Crippen LogP contribution in [0, 0.1) is 0 Å². The van der Waals surface area contributed by atoms with Crippen LogP contribution in [0.2, 0.25) is 0 Å². The van der Waals surface area contributed by atoms with Gasteiger partial charge in [-0.2, -0.15) is 21.6 Å². The summed E-state index contributed by atoms with van der Waals surface area (Å²) in [4.78, 5) is 1.42. The number of hydrogen-bond donors (Lipinski definition) is 0. The van der Waals surface area contributed by atoms with Crippen LogP contribution in [-0.4, -0.2) is 26.8 Å². The third-order valence-corrected chi connectivity index (χ3v) is 6.27. The molecule has 0 aromatic heterocycles. The molecule has 0 amide bonds. The van der Waals surface area contributed by atoms with Gasteiger partial charge in [-0.15, -0.1) is 4.40 Å². The third-order valence-electron chi connectivity index (χ3n) is 5.26. The minimum absolute atomic E-state index is 0.230. The number of nitrogens with zero attached hydrogens (tertiary/aromatic N) is 2. The highest BCUT2D eigenvalue weighted by Crippen LogP contribution is 2.40. The van der Waals surface area contributed by atoms with Crippen molar-refractivity contribution in [3.8, 4) is 0 Å². The molecule has 4 rings (SSSR count). The molecular weight excluding hydrogens is 437 g/mol. The molecule has 32 heavy (non-hydrogen) atoms. The van der Waals surface area contributed by atoms with E-state index in [2.05, 4.69) is 4.40 Å². The Kier molecular flexibility index (Phi) is 5.64. The Morgan fingerprint density at radius 2 is 1.41 bits per heavy atom. The number of fused-ring (bicyclic) bond motifs is 1. The van der Waals surface area contributed by atoms with Gasteiger partial charge in [0.1, 0.15) is 5.84 Å². The van der Waals surface area contributed by atoms with Gasteiger partial charge in [0.05, 0.1) is 5.92 Å². The number of hydrogen-bond acceptors (Lipinski definition) is 2. The van der Waals surface area contributed by atoms with Crippen LogP contribution in [0.1, 0.15) is 22.6 Å². The van der Waals surface area contributed by atoms with E-state index < -0.39 is 21.4 Å². The number of alkyl halides is 3. The molecule has 1 unspecified atom stereocenters. The molecule has 0 saturated heterocycles. The highest BCUT2D eigenvalue weighted by molar-refractivity contribution is 7.91. The zero-order chi connectivity index (χ0) is 22.9. The number of halogens is 3. The lowest BCUT2D eigenvalue weighted by Gasteiger charge is -2.25. The summed E-state index contributed by atoms with van der Waals surface area (Å²) in [7, 11) is -4.23. The number of benzene rings is 3. The van der Waals surface area contributed by atoms with E-state index in [1.54, 1.807) is 48.5 Å². The van der Waals surface area contributed by atoms with Crippen LogP contribution in [0.25, 0.3) is 5.57 Å². The lowest BCUT2D eigenvalue weighted by Crippen LogP contribution is -2.34. The van der Waals surface area contributed by atoms with Gasteiger partial charge >= 0.3 is 15.5 Å². The standard InChI is InChI=1S/C24H19F3N2O2S/c1-29-22-15-9-8-14-19(22)20(17-10-4-2-5-11-17)16-21(18-12-6-3-7-13-18)23(29)28-32(30,31)24(25,26)27/h2-16,21H,1H3/b28-23-. The number of rotatable bonds is 3. The van der Waals surface area contributed by atoms with Crippen LogP contribution in [-0.2, 0) is 10.0 Å². The van der Waals surface area contributed by atoms with Crippen molar-refractivity contribution >= 4 is 27.1 Å². The van der Waals surface area contributed by atoms with E-state index in [-0.39, 0.29) is 5.84 Å². The molecule has 1 atom stereocenters. The molecular formula is C24H19F3N2O2S. The molecule has 0 bridgehead atoms. The van der Waals surface area contributed by atoms with E-state index in [1.807, 2.05) is 42.5 Å². The first-order valence-corrected chi connectivity index (χ1v) is 11.2. The quantitative estimate of drug-likeness (QED) is 0.516. The second-order valence-electron chi connectivity index (χ2n) is 7.28. The number of amidine groups is 1. The summed E-state index contributed by atoms with van der Waals surface area (Å²) in [5.41, 5.74) is -1.93. The SMILES string of the molecule is CN1/C(=N\S(=O)(=O)C(F)(F)F)C(c2ccccc2)C=C(c2ccccc2)c2ccccc21. The summed E-state index contributed by atoms with van der Waals surface area (Å²) in [6.45, 7) is 0. The first kappa shape index (κ1) is 21.8. The van der Waals surface area contributed by atoms with Crippen LogP contribution < -0.4 is 4.90 Å². The number of likely N-dealkylation sites (N-methyl/N-ethyl adjacent to an activating group) is 1. The molecule has 0 spiro atoms. The molecule has 3 aromatic rings. The minimum Gasteiger partial charge on any atom is -0.331 e. The average Bonchev–Trinajstić information content (AvgIpc) is 2.90. The lowest BCUT2D eigenvalue weighted by molar-refractivity contribution is -0.0435. The molecule has 1 aliphatic heterocycles. The van der Waals surface area contributed by atoms with Crippen molar-refractivity contribution in [3.05, 3.63) is 108 Å². The van der Waals surface area contributed by atoms with Crippen molar-refractivity contribution in [1.29, 1.82) is 0 Å². The molecule has 0 N–H and O–H groups in total. The van der Waals surface area contributed by atoms with Gasteiger partial charge in [-0.3, -0.25) is 0 Å². The maximum Gasteiger partial charge on any atom is 0.518 e. The summed E-state index contributed by atoms with van der Waals surface area (Å²) < 4.78 is 67.2. The van der Waals surface area contributed by atoms with Crippen LogP contribution >= 0.6 is 0 Å². The molecule has 0 radical (unpaired) electrons. The molecule has 1 heterocycles. The first-order valence-electron chi connectivity index (χ1n) is 9.75. The van der Waals surface area contributed by atoms with Gasteiger partial charge in [-0.05, 0) is 22.8 Å². The molecule has 8 heteroatoms. The van der Waals surface area contributed by atoms with Crippen molar-refractivity contribution < 1.29 is 21.6 Å². The fourth-order valence-corrected chi connectivity index (χ4v) is 4.31. The second kappa shape index (κ2) is 8.27. The molecule has 3 aromatic carbocycles. The third kappa shape index (κ3) is 4.05. The maximum atomic E-state index is 13.3. The Labute approximate surface area is 184 Å². The van der Waals surface area contributed by atoms with Gasteiger partial charge in [0.2, 0.25) is 0 Å². The van der Waals surface area contributed by atoms with Crippen molar-refractivity contribution in [1.82, 2.24) is 0 Å². The molecule has 0 fully saturated rings. The molecule has 0 aliphatic carbocycles. The largest absolute Gasteiger partial charge is 0.518 e. The van der Waals surface area contributed by atoms with Crippen molar-refractivity contribution in [2.24, 2.45) is 4.40 Å². The number of anilines is 1. The highest BCUT2D eigenvalue weighted by atomic mass is 32.2. The number of para-hydroxylation sites is 1. The smallest absolute Gasteiger partial charge is 0.331 e. The fourth-order valence-electron chi connectivity index (χ4n) is 3.72. The molecule has 1 aliphatic rings. The van der Waals surface area contributed by atoms with Gasteiger partial charge in [-0.25, -0.2) is 0 Å². The summed E-state index contributed by atoms with van der Waals surface area (Å²) in [5, 5.41) is 0. The molecule has 164 valence electrons. The van der Waals surface area contributed by atoms with E-state index >= 15 is 0 Å². The van der Waals surface area contributed by atoms with Gasteiger partial charge in [0, 0.05) is 18.3 Å². The first-order chi connectivity index (χ1) is 15.2. The van der Waals surface area contributed by atoms with Gasteiger partial charge < -0.3 is 4.90 Å². The predicted molar refractivity (Wildman–Crippen MR) is 120 cm³/mol. The van der Waals surface area contributed by atoms with Crippen LogP contribution in [0.3, 0.4) is 0 Å². The fraction of sp³-hybridized carbons (Fsp3) is 0.125. The van der Waals surface area contributed by atoms with Crippen LogP contribution in [0.5, 0.6) is 0 Å². The Morgan fingerprint density at radius 3 is 2.03 bits per heavy atom. The normalized spacial score (nSPS) is 18.1. The van der Waals surface area contributed by atoms with E-state index in [1.165, 1.54) is 11.9 Å². The summed E-state index contributed by atoms with van der Waals surface area (Å²) in [5.74, 6) is -1.06. The Hall–Kier alpha value is -3.39. The van der Waals surface area contributed by atoms with E-state index in [4.69, 9.17) is 0 Å². The predicted octanol–water partition coefficient (Wildman–Crippen LogP) is 5.60. The topological polar surface area (TPSA) is 49.7 Å². The van der Waals surface area contributed by atoms with Gasteiger partial charge in [0.15, 0.2) is 0 Å². The number of sulfonamides is 1. The van der Waals surface area contributed by atoms with Crippen molar-refractivity contribution in [2.75, 3.05) is 11.9 Å². The molecule has 0 saturated carbocycles. The Balaban J connectivity index is 2.05. The van der Waals surface area contributed by atoms with E-state index in [9.17, 15) is 21.6 Å². The summed E-state index contributed by atoms with van der Waals surface area (Å²) in [6.07, 6.45) is 1.78.